The van der Waals surface area contributed by atoms with E-state index in [1.165, 1.54) is 5.57 Å². The average Bonchev–Trinajstić information content (AvgIpc) is 2.99. The van der Waals surface area contributed by atoms with Gasteiger partial charge in [-0.2, -0.15) is 0 Å². The summed E-state index contributed by atoms with van der Waals surface area (Å²) < 4.78 is 0. The van der Waals surface area contributed by atoms with E-state index in [1.807, 2.05) is 30.5 Å². The SMILES string of the molecule is C[C@]12C/C(=C/O)C(=O)C=C1CC[C@@H]1[C@@H]2CC[C@@]2(C)[C@H]1CC[C@@]2(O)Cc1ccccn1. The Kier molecular flexibility index (Phi) is 4.52. The second-order valence-electron chi connectivity index (χ2n) is 10.7. The summed E-state index contributed by atoms with van der Waals surface area (Å²) in [5, 5.41) is 21.5. The lowest BCUT2D eigenvalue weighted by molar-refractivity contribution is -0.127. The highest BCUT2D eigenvalue weighted by Crippen LogP contribution is 2.68. The van der Waals surface area contributed by atoms with Gasteiger partial charge in [0.05, 0.1) is 11.9 Å². The third-order valence-corrected chi connectivity index (χ3v) is 9.59. The molecule has 30 heavy (non-hydrogen) atoms. The second kappa shape index (κ2) is 6.78. The van der Waals surface area contributed by atoms with Crippen LogP contribution in [0.4, 0.5) is 0 Å². The number of allylic oxidation sites excluding steroid dienone is 2. The summed E-state index contributed by atoms with van der Waals surface area (Å²) in [6.45, 7) is 4.63. The van der Waals surface area contributed by atoms with E-state index < -0.39 is 5.60 Å². The molecule has 0 saturated heterocycles. The lowest BCUT2D eigenvalue weighted by Gasteiger charge is -2.59. The molecule has 0 unspecified atom stereocenters. The van der Waals surface area contributed by atoms with E-state index in [0.717, 1.165) is 50.5 Å². The van der Waals surface area contributed by atoms with E-state index >= 15 is 0 Å². The van der Waals surface area contributed by atoms with Gasteiger partial charge in [-0.1, -0.05) is 25.5 Å². The normalized spacial score (nSPS) is 44.2. The number of carbonyl (C=O) groups is 1. The number of fused-ring (bicyclic) bond motifs is 5. The quantitative estimate of drug-likeness (QED) is 0.538. The van der Waals surface area contributed by atoms with Crippen LogP contribution in [0.3, 0.4) is 0 Å². The molecule has 3 fully saturated rings. The van der Waals surface area contributed by atoms with Crippen molar-refractivity contribution in [2.45, 2.75) is 70.8 Å². The van der Waals surface area contributed by atoms with Gasteiger partial charge in [0, 0.05) is 23.9 Å². The molecule has 4 aliphatic rings. The number of aliphatic hydroxyl groups is 2. The van der Waals surface area contributed by atoms with Crippen LogP contribution in [0.5, 0.6) is 0 Å². The Hall–Kier alpha value is -1.94. The largest absolute Gasteiger partial charge is 0.515 e. The predicted molar refractivity (Wildman–Crippen MR) is 116 cm³/mol. The molecule has 0 aliphatic heterocycles. The Bertz CT molecular complexity index is 921. The van der Waals surface area contributed by atoms with Crippen molar-refractivity contribution >= 4 is 5.78 Å². The first-order chi connectivity index (χ1) is 14.3. The number of pyridine rings is 1. The van der Waals surface area contributed by atoms with E-state index in [2.05, 4.69) is 18.8 Å². The lowest BCUT2D eigenvalue weighted by Crippen LogP contribution is -2.55. The molecular formula is C26H33NO3. The van der Waals surface area contributed by atoms with Gasteiger partial charge in [0.15, 0.2) is 5.78 Å². The molecule has 0 radical (unpaired) electrons. The number of carbonyl (C=O) groups excluding carboxylic acids is 1. The van der Waals surface area contributed by atoms with E-state index in [0.29, 0.717) is 36.2 Å². The van der Waals surface area contributed by atoms with Crippen molar-refractivity contribution in [3.05, 3.63) is 53.6 Å². The first kappa shape index (κ1) is 20.0. The molecule has 3 saturated carbocycles. The van der Waals surface area contributed by atoms with Gasteiger partial charge in [0.25, 0.3) is 0 Å². The Morgan fingerprint density at radius 1 is 1.17 bits per heavy atom. The fourth-order valence-corrected chi connectivity index (χ4v) is 7.85. The number of hydrogen-bond donors (Lipinski definition) is 2. The molecule has 4 heteroatoms. The Balaban J connectivity index is 1.45. The number of aromatic nitrogens is 1. The van der Waals surface area contributed by atoms with Crippen LogP contribution in [0.1, 0.15) is 64.5 Å². The van der Waals surface area contributed by atoms with Crippen LogP contribution in [0, 0.1) is 28.6 Å². The number of aliphatic hydroxyl groups excluding tert-OH is 1. The van der Waals surface area contributed by atoms with Gasteiger partial charge in [-0.25, -0.2) is 0 Å². The zero-order valence-corrected chi connectivity index (χ0v) is 18.1. The average molecular weight is 408 g/mol. The highest BCUT2D eigenvalue weighted by atomic mass is 16.3. The van der Waals surface area contributed by atoms with Crippen LogP contribution in [0.15, 0.2) is 47.9 Å². The van der Waals surface area contributed by atoms with E-state index in [9.17, 15) is 15.0 Å². The van der Waals surface area contributed by atoms with Crippen LogP contribution in [-0.4, -0.2) is 26.6 Å². The molecule has 4 nitrogen and oxygen atoms in total. The van der Waals surface area contributed by atoms with Crippen molar-refractivity contribution in [2.24, 2.45) is 28.6 Å². The summed E-state index contributed by atoms with van der Waals surface area (Å²) in [6, 6.07) is 5.96. The lowest BCUT2D eigenvalue weighted by atomic mass is 9.46. The van der Waals surface area contributed by atoms with Gasteiger partial charge in [0.2, 0.25) is 0 Å². The molecule has 1 aromatic heterocycles. The van der Waals surface area contributed by atoms with Crippen molar-refractivity contribution < 1.29 is 15.0 Å². The third kappa shape index (κ3) is 2.69. The summed E-state index contributed by atoms with van der Waals surface area (Å²) in [5.74, 6) is 1.56. The predicted octanol–water partition coefficient (Wildman–Crippen LogP) is 4.94. The summed E-state index contributed by atoms with van der Waals surface area (Å²) >= 11 is 0. The van der Waals surface area contributed by atoms with Crippen LogP contribution in [-0.2, 0) is 11.2 Å². The van der Waals surface area contributed by atoms with Crippen molar-refractivity contribution in [2.75, 3.05) is 0 Å². The molecule has 0 aromatic carbocycles. The minimum Gasteiger partial charge on any atom is -0.515 e. The fraction of sp³-hybridized carbons (Fsp3) is 0.615. The van der Waals surface area contributed by atoms with Gasteiger partial charge in [-0.3, -0.25) is 9.78 Å². The topological polar surface area (TPSA) is 70.4 Å². The minimum absolute atomic E-state index is 0.0188. The van der Waals surface area contributed by atoms with Crippen molar-refractivity contribution in [3.8, 4) is 0 Å². The second-order valence-corrected chi connectivity index (χ2v) is 10.7. The smallest absolute Gasteiger partial charge is 0.184 e. The molecule has 0 amide bonds. The summed E-state index contributed by atoms with van der Waals surface area (Å²) in [6.07, 6.45) is 12.0. The van der Waals surface area contributed by atoms with Gasteiger partial charge in [0.1, 0.15) is 0 Å². The van der Waals surface area contributed by atoms with E-state index in [4.69, 9.17) is 0 Å². The first-order valence-corrected chi connectivity index (χ1v) is 11.5. The Morgan fingerprint density at radius 3 is 2.70 bits per heavy atom. The highest BCUT2D eigenvalue weighted by Gasteiger charge is 2.64. The van der Waals surface area contributed by atoms with Crippen molar-refractivity contribution in [1.82, 2.24) is 4.98 Å². The van der Waals surface area contributed by atoms with Crippen LogP contribution >= 0.6 is 0 Å². The Labute approximate surface area is 179 Å². The standard InChI is InChI=1S/C26H33NO3/c1-24-14-17(16-28)23(29)13-18(24)6-7-20-21(24)8-10-25(2)22(20)9-11-26(25,30)15-19-5-3-4-12-27-19/h3-5,12-13,16,20-22,28,30H,6-11,14-15H2,1-2H3/b17-16-/t20-,21+,22+,24+,25+,26-/m1/s1. The molecule has 1 aromatic rings. The maximum Gasteiger partial charge on any atom is 0.184 e. The molecule has 6 atom stereocenters. The maximum atomic E-state index is 12.3. The van der Waals surface area contributed by atoms with Gasteiger partial charge >= 0.3 is 0 Å². The molecule has 0 spiro atoms. The van der Waals surface area contributed by atoms with Gasteiger partial charge in [-0.05, 0) is 91.7 Å². The third-order valence-electron chi connectivity index (χ3n) is 9.59. The van der Waals surface area contributed by atoms with E-state index in [1.54, 1.807) is 0 Å². The summed E-state index contributed by atoms with van der Waals surface area (Å²) in [5.41, 5.74) is 1.97. The molecule has 1 heterocycles. The molecule has 0 bridgehead atoms. The fourth-order valence-electron chi connectivity index (χ4n) is 7.85. The highest BCUT2D eigenvalue weighted by molar-refractivity contribution is 6.05. The summed E-state index contributed by atoms with van der Waals surface area (Å²) in [4.78, 5) is 16.8. The molecule has 160 valence electrons. The maximum absolute atomic E-state index is 12.3. The molecule has 5 rings (SSSR count). The number of rotatable bonds is 2. The number of hydrogen-bond acceptors (Lipinski definition) is 4. The zero-order valence-electron chi connectivity index (χ0n) is 18.1. The first-order valence-electron chi connectivity index (χ1n) is 11.5. The van der Waals surface area contributed by atoms with E-state index in [-0.39, 0.29) is 16.6 Å². The van der Waals surface area contributed by atoms with Gasteiger partial charge in [-0.15, -0.1) is 0 Å². The van der Waals surface area contributed by atoms with Crippen molar-refractivity contribution in [1.29, 1.82) is 0 Å². The number of nitrogens with zero attached hydrogens (tertiary/aromatic N) is 1. The molecule has 4 aliphatic carbocycles. The van der Waals surface area contributed by atoms with Crippen LogP contribution < -0.4 is 0 Å². The summed E-state index contributed by atoms with van der Waals surface area (Å²) in [7, 11) is 0. The molecular weight excluding hydrogens is 374 g/mol. The van der Waals surface area contributed by atoms with Crippen LogP contribution in [0.25, 0.3) is 0 Å². The zero-order chi connectivity index (χ0) is 21.1. The Morgan fingerprint density at radius 2 is 1.97 bits per heavy atom. The molecule has 2 N–H and O–H groups in total. The minimum atomic E-state index is -0.702. The van der Waals surface area contributed by atoms with Crippen LogP contribution in [0.2, 0.25) is 0 Å². The number of ketones is 1. The van der Waals surface area contributed by atoms with Crippen molar-refractivity contribution in [3.63, 3.8) is 0 Å². The van der Waals surface area contributed by atoms with Gasteiger partial charge < -0.3 is 10.2 Å². The monoisotopic (exact) mass is 407 g/mol.